The van der Waals surface area contributed by atoms with Crippen LogP contribution in [0.15, 0.2) is 73.3 Å². The maximum Gasteiger partial charge on any atom is 0.387 e. The molecule has 0 N–H and O–H groups in total. The molecule has 0 unspecified atom stereocenters. The van der Waals surface area contributed by atoms with Crippen molar-refractivity contribution < 1.29 is 54.9 Å². The van der Waals surface area contributed by atoms with Gasteiger partial charge in [-0.1, -0.05) is 0 Å². The molecule has 0 radical (unpaired) electrons. The van der Waals surface area contributed by atoms with Gasteiger partial charge in [0, 0.05) is 48.2 Å². The standard InChI is InChI=1S/2C24H22F3N3O3/c2*1-24(2,12-28)15-4-5-30-17(11-29-21(30)10-15)14-8-19(32-3)22(20(9-14)33-23(26)27)18(31)7-13-6-16(13)25/h2*4-5,8-11,13,16,23H,6-7H2,1-3H3/t2*13-,16+/m10/s1. The molecule has 2 aliphatic carbocycles. The Bertz CT molecular complexity index is 2720. The molecule has 4 aromatic heterocycles. The largest absolute Gasteiger partial charge is 0.496 e. The van der Waals surface area contributed by atoms with Crippen molar-refractivity contribution in [3.63, 3.8) is 0 Å². The van der Waals surface area contributed by atoms with Crippen molar-refractivity contribution in [2.75, 3.05) is 14.2 Å². The van der Waals surface area contributed by atoms with Gasteiger partial charge in [-0.3, -0.25) is 18.4 Å². The van der Waals surface area contributed by atoms with Crippen LogP contribution in [0.25, 0.3) is 33.8 Å². The van der Waals surface area contributed by atoms with Gasteiger partial charge >= 0.3 is 13.2 Å². The van der Waals surface area contributed by atoms with Crippen LogP contribution in [-0.4, -0.2) is 70.1 Å². The third-order valence-electron chi connectivity index (χ3n) is 11.7. The fourth-order valence-electron chi connectivity index (χ4n) is 7.54. The third kappa shape index (κ3) is 9.78. The molecule has 0 bridgehead atoms. The number of carbonyl (C=O) groups is 2. The SMILES string of the molecule is COc1cc(-c2cnc3cc(C(C)(C)C#N)ccn23)cc(OC(F)F)c1C(=O)C[C@@H]1C[C@H]1F.COc1cc(-c2cnc3cc(C(C)(C)C#N)ccn23)cc(OC(F)F)c1C(=O)C[C@H]1C[C@@H]1F. The van der Waals surface area contributed by atoms with E-state index in [4.69, 9.17) is 9.47 Å². The molecule has 4 heterocycles. The lowest BCUT2D eigenvalue weighted by molar-refractivity contribution is -0.0509. The minimum atomic E-state index is -3.16. The number of benzene rings is 2. The Kier molecular flexibility index (Phi) is 13.1. The topological polar surface area (TPSA) is 153 Å². The molecule has 2 saturated carbocycles. The van der Waals surface area contributed by atoms with Gasteiger partial charge in [-0.05, 0) is 100 Å². The molecule has 2 aliphatic rings. The van der Waals surface area contributed by atoms with E-state index in [0.29, 0.717) is 33.8 Å². The molecular weight excluding hydrogens is 871 g/mol. The zero-order valence-corrected chi connectivity index (χ0v) is 36.6. The highest BCUT2D eigenvalue weighted by atomic mass is 19.3. The number of Topliss-reactive ketones (excluding diaryl/α,β-unsaturated/α-hetero) is 2. The molecule has 66 heavy (non-hydrogen) atoms. The number of aromatic nitrogens is 4. The van der Waals surface area contributed by atoms with Crippen LogP contribution in [0.5, 0.6) is 23.0 Å². The fraction of sp³-hybridized carbons (Fsp3) is 0.375. The van der Waals surface area contributed by atoms with Gasteiger partial charge in [0.1, 0.15) is 57.8 Å². The molecule has 12 nitrogen and oxygen atoms in total. The minimum absolute atomic E-state index is 0.0568. The number of rotatable bonds is 16. The predicted octanol–water partition coefficient (Wildman–Crippen LogP) is 10.7. The Hall–Kier alpha value is -7.08. The first kappa shape index (κ1) is 46.9. The maximum atomic E-state index is 13.3. The van der Waals surface area contributed by atoms with Crippen molar-refractivity contribution in [1.29, 1.82) is 10.5 Å². The van der Waals surface area contributed by atoms with E-state index in [1.165, 1.54) is 26.4 Å². The molecule has 4 atom stereocenters. The van der Waals surface area contributed by atoms with Gasteiger partial charge in [-0.2, -0.15) is 28.1 Å². The second-order valence-electron chi connectivity index (χ2n) is 17.2. The summed E-state index contributed by atoms with van der Waals surface area (Å²) in [7, 11) is 2.64. The van der Waals surface area contributed by atoms with E-state index in [2.05, 4.69) is 31.6 Å². The molecule has 344 valence electrons. The minimum Gasteiger partial charge on any atom is -0.496 e. The second-order valence-corrected chi connectivity index (χ2v) is 17.2. The molecule has 0 aliphatic heterocycles. The summed E-state index contributed by atoms with van der Waals surface area (Å²) in [6.45, 7) is 0.857. The van der Waals surface area contributed by atoms with Crippen LogP contribution in [0.4, 0.5) is 26.3 Å². The molecule has 0 saturated heterocycles. The van der Waals surface area contributed by atoms with Gasteiger partial charge in [0.05, 0.1) is 61.0 Å². The predicted molar refractivity (Wildman–Crippen MR) is 229 cm³/mol. The van der Waals surface area contributed by atoms with Crippen molar-refractivity contribution in [3.05, 3.63) is 95.6 Å². The summed E-state index contributed by atoms with van der Waals surface area (Å²) in [4.78, 5) is 34.3. The number of methoxy groups -OCH3 is 2. The lowest BCUT2D eigenvalue weighted by Gasteiger charge is -2.17. The summed E-state index contributed by atoms with van der Waals surface area (Å²) in [6, 6.07) is 17.4. The highest BCUT2D eigenvalue weighted by Gasteiger charge is 2.41. The third-order valence-corrected chi connectivity index (χ3v) is 11.7. The van der Waals surface area contributed by atoms with Crippen molar-refractivity contribution in [3.8, 4) is 57.7 Å². The quantitative estimate of drug-likeness (QED) is 0.0677. The van der Waals surface area contributed by atoms with Crippen molar-refractivity contribution >= 4 is 22.9 Å². The van der Waals surface area contributed by atoms with E-state index in [-0.39, 0.29) is 59.8 Å². The van der Waals surface area contributed by atoms with Gasteiger partial charge < -0.3 is 18.9 Å². The van der Waals surface area contributed by atoms with Crippen LogP contribution in [-0.2, 0) is 10.8 Å². The van der Waals surface area contributed by atoms with Crippen molar-refractivity contribution in [1.82, 2.24) is 18.8 Å². The van der Waals surface area contributed by atoms with E-state index in [0.717, 1.165) is 11.1 Å². The normalized spacial score (nSPS) is 17.8. The first-order chi connectivity index (χ1) is 31.3. The molecule has 8 rings (SSSR count). The first-order valence-corrected chi connectivity index (χ1v) is 20.8. The number of halogens is 6. The first-order valence-electron chi connectivity index (χ1n) is 20.8. The monoisotopic (exact) mass is 914 g/mol. The van der Waals surface area contributed by atoms with E-state index in [1.54, 1.807) is 97.7 Å². The smallest absolute Gasteiger partial charge is 0.387 e. The number of nitriles is 2. The summed E-state index contributed by atoms with van der Waals surface area (Å²) in [5.74, 6) is -2.40. The lowest BCUT2D eigenvalue weighted by atomic mass is 9.87. The van der Waals surface area contributed by atoms with Crippen LogP contribution in [0.2, 0.25) is 0 Å². The Labute approximate surface area is 375 Å². The molecule has 2 aromatic carbocycles. The van der Waals surface area contributed by atoms with E-state index in [1.807, 2.05) is 0 Å². The summed E-state index contributed by atoms with van der Waals surface area (Å²) in [6.07, 6.45) is 4.83. The average molecular weight is 915 g/mol. The molecule has 6 aromatic rings. The number of nitrogens with zero attached hydrogens (tertiary/aromatic N) is 6. The highest BCUT2D eigenvalue weighted by Crippen LogP contribution is 2.44. The number of hydrogen-bond acceptors (Lipinski definition) is 10. The number of carbonyl (C=O) groups excluding carboxylic acids is 2. The second kappa shape index (κ2) is 18.4. The van der Waals surface area contributed by atoms with Crippen LogP contribution in [0.1, 0.15) is 85.2 Å². The summed E-state index contributed by atoms with van der Waals surface area (Å²) < 4.78 is 103. The summed E-state index contributed by atoms with van der Waals surface area (Å²) >= 11 is 0. The average Bonchev–Trinajstić information content (AvgIpc) is 4.01. The summed E-state index contributed by atoms with van der Waals surface area (Å²) in [5, 5.41) is 18.8. The summed E-state index contributed by atoms with van der Waals surface area (Å²) in [5.41, 5.74) is 2.97. The number of hydrogen-bond donors (Lipinski definition) is 0. The van der Waals surface area contributed by atoms with Gasteiger partial charge in [0.25, 0.3) is 0 Å². The Morgan fingerprint density at radius 2 is 1.02 bits per heavy atom. The van der Waals surface area contributed by atoms with Crippen LogP contribution in [0.3, 0.4) is 0 Å². The van der Waals surface area contributed by atoms with Gasteiger partial charge in [-0.25, -0.2) is 18.7 Å². The molecular formula is C48H44F6N6O6. The molecule has 18 heteroatoms. The molecule has 2 fully saturated rings. The maximum absolute atomic E-state index is 13.3. The molecule has 0 amide bonds. The Balaban J connectivity index is 0.000000196. The van der Waals surface area contributed by atoms with Gasteiger partial charge in [-0.15, -0.1) is 0 Å². The van der Waals surface area contributed by atoms with E-state index >= 15 is 0 Å². The van der Waals surface area contributed by atoms with Crippen molar-refractivity contribution in [2.24, 2.45) is 11.8 Å². The fourth-order valence-corrected chi connectivity index (χ4v) is 7.54. The van der Waals surface area contributed by atoms with E-state index in [9.17, 15) is 46.5 Å². The Morgan fingerprint density at radius 1 is 0.667 bits per heavy atom. The van der Waals surface area contributed by atoms with Crippen LogP contribution >= 0.6 is 0 Å². The number of fused-ring (bicyclic) bond motifs is 2. The lowest BCUT2D eigenvalue weighted by Crippen LogP contribution is -2.14. The number of ketones is 2. The van der Waals surface area contributed by atoms with Gasteiger partial charge in [0.2, 0.25) is 0 Å². The zero-order valence-electron chi connectivity index (χ0n) is 36.6. The van der Waals surface area contributed by atoms with Crippen molar-refractivity contribution in [2.45, 2.75) is 89.8 Å². The Morgan fingerprint density at radius 3 is 1.32 bits per heavy atom. The number of ether oxygens (including phenoxy) is 4. The van der Waals surface area contributed by atoms with Crippen LogP contribution in [0, 0.1) is 34.5 Å². The zero-order chi connectivity index (χ0) is 47.8. The number of alkyl halides is 6. The highest BCUT2D eigenvalue weighted by molar-refractivity contribution is 6.03. The van der Waals surface area contributed by atoms with Gasteiger partial charge in [0.15, 0.2) is 11.6 Å². The number of imidazole rings is 2. The van der Waals surface area contributed by atoms with E-state index < -0.39 is 59.8 Å². The molecule has 0 spiro atoms. The number of pyridine rings is 2. The van der Waals surface area contributed by atoms with Crippen LogP contribution < -0.4 is 18.9 Å².